The highest BCUT2D eigenvalue weighted by Crippen LogP contribution is 2.23. The van der Waals surface area contributed by atoms with Crippen LogP contribution in [0.25, 0.3) is 11.0 Å². The number of carbonyl (C=O) groups excluding carboxylic acids is 2. The lowest BCUT2D eigenvalue weighted by atomic mass is 9.99. The van der Waals surface area contributed by atoms with Crippen molar-refractivity contribution < 1.29 is 9.59 Å². The first-order valence-electron chi connectivity index (χ1n) is 9.07. The molecule has 6 nitrogen and oxygen atoms in total. The Morgan fingerprint density at radius 3 is 2.74 bits per heavy atom. The Morgan fingerprint density at radius 1 is 1.11 bits per heavy atom. The molecule has 2 aromatic carbocycles. The quantitative estimate of drug-likeness (QED) is 0.778. The fraction of sp³-hybridized carbons (Fsp3) is 0.238. The fourth-order valence-electron chi connectivity index (χ4n) is 3.33. The van der Waals surface area contributed by atoms with Crippen molar-refractivity contribution in [1.82, 2.24) is 14.9 Å². The van der Waals surface area contributed by atoms with Crippen LogP contribution in [0, 0.1) is 0 Å². The van der Waals surface area contributed by atoms with Crippen LogP contribution in [0.3, 0.4) is 0 Å². The molecule has 1 aliphatic heterocycles. The van der Waals surface area contributed by atoms with Crippen LogP contribution in [-0.4, -0.2) is 33.2 Å². The van der Waals surface area contributed by atoms with Crippen molar-refractivity contribution in [3.05, 3.63) is 65.5 Å². The smallest absolute Gasteiger partial charge is 0.275 e. The van der Waals surface area contributed by atoms with Gasteiger partial charge in [0.2, 0.25) is 5.91 Å². The van der Waals surface area contributed by atoms with E-state index in [1.54, 1.807) is 0 Å². The SMILES string of the molecule is CCC(=O)N1CCc2ccc(NC(=O)c3cnc4ccccc4n3)cc2C1. The van der Waals surface area contributed by atoms with Crippen LogP contribution in [0.5, 0.6) is 0 Å². The molecule has 1 aromatic heterocycles. The highest BCUT2D eigenvalue weighted by atomic mass is 16.2. The molecule has 6 heteroatoms. The number of carbonyl (C=O) groups is 2. The molecule has 2 amide bonds. The van der Waals surface area contributed by atoms with E-state index in [2.05, 4.69) is 15.3 Å². The summed E-state index contributed by atoms with van der Waals surface area (Å²) in [6, 6.07) is 13.3. The summed E-state index contributed by atoms with van der Waals surface area (Å²) in [5.74, 6) is -0.146. The van der Waals surface area contributed by atoms with Crippen molar-refractivity contribution in [3.8, 4) is 0 Å². The number of aromatic nitrogens is 2. The van der Waals surface area contributed by atoms with E-state index in [4.69, 9.17) is 0 Å². The summed E-state index contributed by atoms with van der Waals surface area (Å²) in [5.41, 5.74) is 4.70. The number of para-hydroxylation sites is 2. The van der Waals surface area contributed by atoms with Crippen molar-refractivity contribution >= 4 is 28.5 Å². The predicted molar refractivity (Wildman–Crippen MR) is 103 cm³/mol. The topological polar surface area (TPSA) is 75.2 Å². The minimum absolute atomic E-state index is 0.154. The first-order valence-corrected chi connectivity index (χ1v) is 9.07. The van der Waals surface area contributed by atoms with Gasteiger partial charge in [0.05, 0.1) is 17.2 Å². The Kier molecular flexibility index (Phi) is 4.54. The summed E-state index contributed by atoms with van der Waals surface area (Å²) < 4.78 is 0. The van der Waals surface area contributed by atoms with E-state index in [-0.39, 0.29) is 17.5 Å². The zero-order valence-electron chi connectivity index (χ0n) is 15.1. The molecule has 3 aromatic rings. The van der Waals surface area contributed by atoms with Crippen molar-refractivity contribution in [3.63, 3.8) is 0 Å². The molecule has 0 unspecified atom stereocenters. The number of rotatable bonds is 3. The number of hydrogen-bond acceptors (Lipinski definition) is 4. The Balaban J connectivity index is 1.54. The maximum absolute atomic E-state index is 12.6. The van der Waals surface area contributed by atoms with Crippen LogP contribution in [0.15, 0.2) is 48.7 Å². The lowest BCUT2D eigenvalue weighted by Crippen LogP contribution is -2.35. The Hall–Kier alpha value is -3.28. The standard InChI is InChI=1S/C21H20N4O2/c1-2-20(26)25-10-9-14-7-8-16(11-15(14)13-25)23-21(27)19-12-22-17-5-3-4-6-18(17)24-19/h3-8,11-12H,2,9-10,13H2,1H3,(H,23,27). The minimum atomic E-state index is -0.300. The number of nitrogens with one attached hydrogen (secondary N) is 1. The maximum atomic E-state index is 12.6. The molecule has 0 spiro atoms. The summed E-state index contributed by atoms with van der Waals surface area (Å²) in [4.78, 5) is 35.1. The van der Waals surface area contributed by atoms with Crippen molar-refractivity contribution in [2.24, 2.45) is 0 Å². The lowest BCUT2D eigenvalue weighted by Gasteiger charge is -2.29. The summed E-state index contributed by atoms with van der Waals surface area (Å²) in [6.07, 6.45) is 2.83. The molecule has 136 valence electrons. The summed E-state index contributed by atoms with van der Waals surface area (Å²) in [6.45, 7) is 3.21. The first kappa shape index (κ1) is 17.1. The minimum Gasteiger partial charge on any atom is -0.338 e. The van der Waals surface area contributed by atoms with E-state index in [0.29, 0.717) is 24.2 Å². The molecule has 1 aliphatic rings. The Morgan fingerprint density at radius 2 is 1.93 bits per heavy atom. The van der Waals surface area contributed by atoms with Crippen LogP contribution in [0.1, 0.15) is 35.0 Å². The van der Waals surface area contributed by atoms with Crippen LogP contribution in [-0.2, 0) is 17.8 Å². The Bertz CT molecular complexity index is 1030. The van der Waals surface area contributed by atoms with E-state index in [0.717, 1.165) is 24.0 Å². The van der Waals surface area contributed by atoms with E-state index in [9.17, 15) is 9.59 Å². The summed E-state index contributed by atoms with van der Waals surface area (Å²) >= 11 is 0. The average Bonchev–Trinajstić information content (AvgIpc) is 2.72. The third-order valence-electron chi connectivity index (χ3n) is 4.81. The maximum Gasteiger partial charge on any atom is 0.275 e. The van der Waals surface area contributed by atoms with Crippen molar-refractivity contribution in [1.29, 1.82) is 0 Å². The van der Waals surface area contributed by atoms with Gasteiger partial charge in [0.1, 0.15) is 5.69 Å². The van der Waals surface area contributed by atoms with Gasteiger partial charge in [-0.05, 0) is 41.8 Å². The van der Waals surface area contributed by atoms with Crippen molar-refractivity contribution in [2.75, 3.05) is 11.9 Å². The molecule has 0 aliphatic carbocycles. The fourth-order valence-corrected chi connectivity index (χ4v) is 3.33. The molecule has 0 bridgehead atoms. The van der Waals surface area contributed by atoms with E-state index >= 15 is 0 Å². The van der Waals surface area contributed by atoms with Gasteiger partial charge in [-0.3, -0.25) is 14.6 Å². The first-order chi connectivity index (χ1) is 13.1. The third-order valence-corrected chi connectivity index (χ3v) is 4.81. The number of anilines is 1. The van der Waals surface area contributed by atoms with Gasteiger partial charge in [-0.25, -0.2) is 4.98 Å². The normalized spacial score (nSPS) is 13.3. The van der Waals surface area contributed by atoms with Gasteiger partial charge >= 0.3 is 0 Å². The molecule has 2 heterocycles. The van der Waals surface area contributed by atoms with E-state index in [1.807, 2.05) is 54.3 Å². The van der Waals surface area contributed by atoms with Gasteiger partial charge in [0.25, 0.3) is 5.91 Å². The molecular weight excluding hydrogens is 340 g/mol. The number of amides is 2. The van der Waals surface area contributed by atoms with Gasteiger partial charge in [0, 0.05) is 25.2 Å². The Labute approximate surface area is 157 Å². The number of fused-ring (bicyclic) bond motifs is 2. The van der Waals surface area contributed by atoms with Gasteiger partial charge in [0.15, 0.2) is 0 Å². The zero-order chi connectivity index (χ0) is 18.8. The number of benzene rings is 2. The van der Waals surface area contributed by atoms with Gasteiger partial charge in [-0.15, -0.1) is 0 Å². The molecule has 4 rings (SSSR count). The second-order valence-corrected chi connectivity index (χ2v) is 6.60. The molecule has 0 atom stereocenters. The van der Waals surface area contributed by atoms with E-state index < -0.39 is 0 Å². The highest BCUT2D eigenvalue weighted by Gasteiger charge is 2.20. The van der Waals surface area contributed by atoms with Crippen LogP contribution in [0.4, 0.5) is 5.69 Å². The van der Waals surface area contributed by atoms with Crippen LogP contribution >= 0.6 is 0 Å². The van der Waals surface area contributed by atoms with Crippen LogP contribution < -0.4 is 5.32 Å². The largest absolute Gasteiger partial charge is 0.338 e. The predicted octanol–water partition coefficient (Wildman–Crippen LogP) is 3.18. The van der Waals surface area contributed by atoms with Gasteiger partial charge in [-0.1, -0.05) is 25.1 Å². The van der Waals surface area contributed by atoms with Gasteiger partial charge in [-0.2, -0.15) is 0 Å². The summed E-state index contributed by atoms with van der Waals surface area (Å²) in [5, 5.41) is 2.89. The monoisotopic (exact) mass is 360 g/mol. The summed E-state index contributed by atoms with van der Waals surface area (Å²) in [7, 11) is 0. The lowest BCUT2D eigenvalue weighted by molar-refractivity contribution is -0.131. The molecule has 0 saturated carbocycles. The average molecular weight is 360 g/mol. The molecule has 0 fully saturated rings. The molecule has 0 radical (unpaired) electrons. The van der Waals surface area contributed by atoms with Crippen LogP contribution in [0.2, 0.25) is 0 Å². The molecule has 0 saturated heterocycles. The number of hydrogen-bond donors (Lipinski definition) is 1. The third kappa shape index (κ3) is 3.51. The molecule has 1 N–H and O–H groups in total. The second kappa shape index (κ2) is 7.15. The van der Waals surface area contributed by atoms with Gasteiger partial charge < -0.3 is 10.2 Å². The molecular formula is C21H20N4O2. The number of nitrogens with zero attached hydrogens (tertiary/aromatic N) is 3. The highest BCUT2D eigenvalue weighted by molar-refractivity contribution is 6.03. The zero-order valence-corrected chi connectivity index (χ0v) is 15.1. The molecule has 27 heavy (non-hydrogen) atoms. The second-order valence-electron chi connectivity index (χ2n) is 6.60. The van der Waals surface area contributed by atoms with Crippen molar-refractivity contribution in [2.45, 2.75) is 26.3 Å². The van der Waals surface area contributed by atoms with E-state index in [1.165, 1.54) is 11.8 Å².